The molecule has 0 aliphatic carbocycles. The van der Waals surface area contributed by atoms with E-state index in [1.54, 1.807) is 7.11 Å². The molecule has 0 bridgehead atoms. The Kier molecular flexibility index (Phi) is 8.55. The summed E-state index contributed by atoms with van der Waals surface area (Å²) in [5.74, 6) is 1.11. The van der Waals surface area contributed by atoms with Crippen LogP contribution in [-0.4, -0.2) is 57.2 Å². The van der Waals surface area contributed by atoms with Crippen molar-refractivity contribution in [3.63, 3.8) is 0 Å². The molecular formula is C19H31N3O3. The molecule has 2 N–H and O–H groups in total. The molecule has 1 amide bonds. The van der Waals surface area contributed by atoms with Crippen LogP contribution in [0, 0.1) is 0 Å². The molecule has 0 radical (unpaired) electrons. The molecule has 6 heteroatoms. The van der Waals surface area contributed by atoms with Gasteiger partial charge in [0.05, 0.1) is 7.11 Å². The number of ether oxygens (including phenoxy) is 2. The van der Waals surface area contributed by atoms with E-state index in [4.69, 9.17) is 9.47 Å². The van der Waals surface area contributed by atoms with Gasteiger partial charge in [-0.1, -0.05) is 12.5 Å². The fraction of sp³-hybridized carbons (Fsp3) is 0.632. The van der Waals surface area contributed by atoms with Crippen LogP contribution < -0.4 is 20.1 Å². The third kappa shape index (κ3) is 6.92. The average Bonchev–Trinajstić information content (AvgIpc) is 2.65. The SMILES string of the molecule is CCNC(=O)COc1ccc(CNCCN2CCCCC2)cc1OC. The van der Waals surface area contributed by atoms with E-state index in [1.165, 1.54) is 32.4 Å². The Bertz CT molecular complexity index is 531. The van der Waals surface area contributed by atoms with Crippen molar-refractivity contribution < 1.29 is 14.3 Å². The van der Waals surface area contributed by atoms with E-state index in [0.29, 0.717) is 18.0 Å². The molecule has 2 rings (SSSR count). The lowest BCUT2D eigenvalue weighted by Gasteiger charge is -2.26. The standard InChI is InChI=1S/C19H31N3O3/c1-3-21-19(23)15-25-17-8-7-16(13-18(17)24-2)14-20-9-12-22-10-5-4-6-11-22/h7-8,13,20H,3-6,9-12,14-15H2,1-2H3,(H,21,23). The number of rotatable bonds is 10. The number of hydrogen-bond acceptors (Lipinski definition) is 5. The van der Waals surface area contributed by atoms with Gasteiger partial charge in [0, 0.05) is 26.2 Å². The molecule has 1 aliphatic rings. The summed E-state index contributed by atoms with van der Waals surface area (Å²) in [6.45, 7) is 7.81. The Balaban J connectivity index is 1.76. The summed E-state index contributed by atoms with van der Waals surface area (Å²) in [4.78, 5) is 14.0. The molecule has 0 aromatic heterocycles. The van der Waals surface area contributed by atoms with Crippen molar-refractivity contribution >= 4 is 5.91 Å². The third-order valence-electron chi connectivity index (χ3n) is 4.34. The lowest BCUT2D eigenvalue weighted by atomic mass is 10.1. The first-order chi connectivity index (χ1) is 12.2. The summed E-state index contributed by atoms with van der Waals surface area (Å²) in [5.41, 5.74) is 1.14. The monoisotopic (exact) mass is 349 g/mol. The zero-order valence-corrected chi connectivity index (χ0v) is 15.5. The number of methoxy groups -OCH3 is 1. The van der Waals surface area contributed by atoms with Crippen LogP contribution in [0.4, 0.5) is 0 Å². The predicted molar refractivity (Wildman–Crippen MR) is 99.2 cm³/mol. The molecule has 0 unspecified atom stereocenters. The van der Waals surface area contributed by atoms with E-state index in [1.807, 2.05) is 25.1 Å². The van der Waals surface area contributed by atoms with Gasteiger partial charge in [0.25, 0.3) is 5.91 Å². The van der Waals surface area contributed by atoms with Crippen molar-refractivity contribution in [1.82, 2.24) is 15.5 Å². The van der Waals surface area contributed by atoms with Gasteiger partial charge in [0.15, 0.2) is 18.1 Å². The van der Waals surface area contributed by atoms with Crippen molar-refractivity contribution in [1.29, 1.82) is 0 Å². The zero-order valence-electron chi connectivity index (χ0n) is 15.5. The molecular weight excluding hydrogens is 318 g/mol. The van der Waals surface area contributed by atoms with Crippen molar-refractivity contribution in [3.8, 4) is 11.5 Å². The van der Waals surface area contributed by atoms with Crippen molar-refractivity contribution in [2.24, 2.45) is 0 Å². The smallest absolute Gasteiger partial charge is 0.257 e. The molecule has 1 heterocycles. The minimum atomic E-state index is -0.131. The second kappa shape index (κ2) is 10.9. The summed E-state index contributed by atoms with van der Waals surface area (Å²) in [6.07, 6.45) is 4.03. The van der Waals surface area contributed by atoms with Gasteiger partial charge < -0.3 is 25.0 Å². The van der Waals surface area contributed by atoms with E-state index in [9.17, 15) is 4.79 Å². The normalized spacial score (nSPS) is 15.0. The zero-order chi connectivity index (χ0) is 17.9. The van der Waals surface area contributed by atoms with E-state index in [0.717, 1.165) is 25.2 Å². The van der Waals surface area contributed by atoms with Gasteiger partial charge in [-0.3, -0.25) is 4.79 Å². The Morgan fingerprint density at radius 3 is 2.72 bits per heavy atom. The highest BCUT2D eigenvalue weighted by Crippen LogP contribution is 2.28. The minimum absolute atomic E-state index is 0.00235. The van der Waals surface area contributed by atoms with Crippen LogP contribution in [-0.2, 0) is 11.3 Å². The number of hydrogen-bond donors (Lipinski definition) is 2. The van der Waals surface area contributed by atoms with Gasteiger partial charge in [-0.25, -0.2) is 0 Å². The second-order valence-corrected chi connectivity index (χ2v) is 6.31. The first-order valence-electron chi connectivity index (χ1n) is 9.22. The highest BCUT2D eigenvalue weighted by atomic mass is 16.5. The highest BCUT2D eigenvalue weighted by molar-refractivity contribution is 5.77. The Hall–Kier alpha value is -1.79. The van der Waals surface area contributed by atoms with Crippen LogP contribution in [0.15, 0.2) is 18.2 Å². The van der Waals surface area contributed by atoms with Crippen LogP contribution in [0.2, 0.25) is 0 Å². The van der Waals surface area contributed by atoms with Gasteiger partial charge in [-0.05, 0) is 50.6 Å². The van der Waals surface area contributed by atoms with Gasteiger partial charge in [-0.2, -0.15) is 0 Å². The maximum absolute atomic E-state index is 11.5. The van der Waals surface area contributed by atoms with Crippen molar-refractivity contribution in [3.05, 3.63) is 23.8 Å². The predicted octanol–water partition coefficient (Wildman–Crippen LogP) is 1.79. The van der Waals surface area contributed by atoms with Crippen LogP contribution in [0.5, 0.6) is 11.5 Å². The highest BCUT2D eigenvalue weighted by Gasteiger charge is 2.10. The number of nitrogens with one attached hydrogen (secondary N) is 2. The first-order valence-corrected chi connectivity index (χ1v) is 9.22. The van der Waals surface area contributed by atoms with E-state index < -0.39 is 0 Å². The fourth-order valence-corrected chi connectivity index (χ4v) is 2.99. The third-order valence-corrected chi connectivity index (χ3v) is 4.34. The maximum Gasteiger partial charge on any atom is 0.257 e. The Morgan fingerprint density at radius 1 is 1.20 bits per heavy atom. The number of nitrogens with zero attached hydrogens (tertiary/aromatic N) is 1. The number of carbonyl (C=O) groups excluding carboxylic acids is 1. The van der Waals surface area contributed by atoms with E-state index in [-0.39, 0.29) is 12.5 Å². The van der Waals surface area contributed by atoms with Crippen LogP contribution in [0.1, 0.15) is 31.7 Å². The first kappa shape index (κ1) is 19.5. The topological polar surface area (TPSA) is 62.8 Å². The minimum Gasteiger partial charge on any atom is -0.493 e. The van der Waals surface area contributed by atoms with Gasteiger partial charge in [-0.15, -0.1) is 0 Å². The van der Waals surface area contributed by atoms with Crippen molar-refractivity contribution in [2.75, 3.05) is 46.4 Å². The van der Waals surface area contributed by atoms with Gasteiger partial charge >= 0.3 is 0 Å². The van der Waals surface area contributed by atoms with Crippen LogP contribution in [0.25, 0.3) is 0 Å². The summed E-state index contributed by atoms with van der Waals surface area (Å²) in [6, 6.07) is 5.82. The lowest BCUT2D eigenvalue weighted by Crippen LogP contribution is -2.35. The molecule has 6 nitrogen and oxygen atoms in total. The number of benzene rings is 1. The molecule has 25 heavy (non-hydrogen) atoms. The summed E-state index contributed by atoms with van der Waals surface area (Å²) in [5, 5.41) is 6.19. The molecule has 140 valence electrons. The number of carbonyl (C=O) groups is 1. The number of likely N-dealkylation sites (tertiary alicyclic amines) is 1. The average molecular weight is 349 g/mol. The number of piperidine rings is 1. The quantitative estimate of drug-likeness (QED) is 0.631. The van der Waals surface area contributed by atoms with Crippen LogP contribution >= 0.6 is 0 Å². The Morgan fingerprint density at radius 2 is 2.00 bits per heavy atom. The van der Waals surface area contributed by atoms with E-state index in [2.05, 4.69) is 15.5 Å². The second-order valence-electron chi connectivity index (χ2n) is 6.31. The maximum atomic E-state index is 11.5. The molecule has 1 aromatic carbocycles. The van der Waals surface area contributed by atoms with Gasteiger partial charge in [0.2, 0.25) is 0 Å². The molecule has 0 spiro atoms. The lowest BCUT2D eigenvalue weighted by molar-refractivity contribution is -0.123. The van der Waals surface area contributed by atoms with E-state index >= 15 is 0 Å². The molecule has 1 fully saturated rings. The molecule has 1 aliphatic heterocycles. The largest absolute Gasteiger partial charge is 0.493 e. The summed E-state index contributed by atoms with van der Waals surface area (Å²) < 4.78 is 10.9. The van der Waals surface area contributed by atoms with Gasteiger partial charge in [0.1, 0.15) is 0 Å². The summed E-state index contributed by atoms with van der Waals surface area (Å²) in [7, 11) is 1.61. The van der Waals surface area contributed by atoms with Crippen LogP contribution in [0.3, 0.4) is 0 Å². The fourth-order valence-electron chi connectivity index (χ4n) is 2.99. The van der Waals surface area contributed by atoms with Crippen molar-refractivity contribution in [2.45, 2.75) is 32.7 Å². The molecule has 1 aromatic rings. The Labute approximate surface area is 150 Å². The summed E-state index contributed by atoms with van der Waals surface area (Å²) >= 11 is 0. The number of likely N-dealkylation sites (N-methyl/N-ethyl adjacent to an activating group) is 1. The molecule has 0 saturated carbocycles. The molecule has 1 saturated heterocycles. The number of amides is 1. The molecule has 0 atom stereocenters.